The van der Waals surface area contributed by atoms with E-state index < -0.39 is 0 Å². The Morgan fingerprint density at radius 2 is 2.04 bits per heavy atom. The number of hydrogen-bond acceptors (Lipinski definition) is 6. The minimum Gasteiger partial charge on any atom is -0.496 e. The summed E-state index contributed by atoms with van der Waals surface area (Å²) in [5.41, 5.74) is 2.27. The summed E-state index contributed by atoms with van der Waals surface area (Å²) in [5.74, 6) is 1.62. The van der Waals surface area contributed by atoms with Crippen molar-refractivity contribution < 1.29 is 14.1 Å². The number of rotatable bonds is 5. The lowest BCUT2D eigenvalue weighted by molar-refractivity contribution is -0.128. The first-order valence-electron chi connectivity index (χ1n) is 8.91. The summed E-state index contributed by atoms with van der Waals surface area (Å²) < 4.78 is 10.7. The molecule has 1 aliphatic rings. The first-order chi connectivity index (χ1) is 13.7. The number of amides is 1. The Bertz CT molecular complexity index is 1040. The van der Waals surface area contributed by atoms with Gasteiger partial charge in [-0.05, 0) is 30.3 Å². The minimum atomic E-state index is -0.113. The summed E-state index contributed by atoms with van der Waals surface area (Å²) in [6.45, 7) is 1.02. The number of para-hydroxylation sites is 1. The molecule has 1 aromatic heterocycles. The molecule has 0 aliphatic carbocycles. The molecule has 1 atom stereocenters. The van der Waals surface area contributed by atoms with Gasteiger partial charge in [0.1, 0.15) is 5.75 Å². The molecule has 7 heteroatoms. The van der Waals surface area contributed by atoms with Crippen LogP contribution in [-0.2, 0) is 11.3 Å². The minimum absolute atomic E-state index is 0.0561. The van der Waals surface area contributed by atoms with Crippen molar-refractivity contribution in [1.82, 2.24) is 15.0 Å². The fourth-order valence-corrected chi connectivity index (χ4v) is 3.34. The third kappa shape index (κ3) is 3.45. The van der Waals surface area contributed by atoms with Crippen LogP contribution >= 0.6 is 0 Å². The van der Waals surface area contributed by atoms with Crippen molar-refractivity contribution in [3.63, 3.8) is 0 Å². The van der Waals surface area contributed by atoms with Gasteiger partial charge in [0.05, 0.1) is 18.7 Å². The molecule has 0 bridgehead atoms. The van der Waals surface area contributed by atoms with Gasteiger partial charge in [-0.2, -0.15) is 10.2 Å². The van der Waals surface area contributed by atoms with Crippen LogP contribution in [0.15, 0.2) is 53.1 Å². The topological polar surface area (TPSA) is 92.2 Å². The first-order valence-corrected chi connectivity index (χ1v) is 8.91. The number of methoxy groups -OCH3 is 1. The van der Waals surface area contributed by atoms with Crippen LogP contribution in [0.25, 0.3) is 11.5 Å². The Labute approximate surface area is 162 Å². The van der Waals surface area contributed by atoms with E-state index in [0.717, 1.165) is 16.9 Å². The Kier molecular flexibility index (Phi) is 4.77. The first kappa shape index (κ1) is 17.7. The molecule has 1 unspecified atom stereocenters. The Hall–Kier alpha value is -3.66. The molecule has 140 valence electrons. The SMILES string of the molecule is COc1ccccc1CN1CC(c2noc(-c3ccc(C#N)cc3)n2)CC1=O. The summed E-state index contributed by atoms with van der Waals surface area (Å²) in [5, 5.41) is 13.0. The van der Waals surface area contributed by atoms with Gasteiger partial charge in [0.25, 0.3) is 5.89 Å². The molecule has 0 radical (unpaired) electrons. The van der Waals surface area contributed by atoms with Gasteiger partial charge < -0.3 is 14.2 Å². The normalized spacial score (nSPS) is 16.2. The van der Waals surface area contributed by atoms with Gasteiger partial charge in [0.2, 0.25) is 5.91 Å². The molecule has 1 amide bonds. The number of nitriles is 1. The molecular weight excluding hydrogens is 356 g/mol. The van der Waals surface area contributed by atoms with Gasteiger partial charge in [-0.3, -0.25) is 4.79 Å². The van der Waals surface area contributed by atoms with Gasteiger partial charge in [0, 0.05) is 36.6 Å². The second-order valence-electron chi connectivity index (χ2n) is 6.63. The van der Waals surface area contributed by atoms with Crippen molar-refractivity contribution in [2.75, 3.05) is 13.7 Å². The largest absolute Gasteiger partial charge is 0.496 e. The molecule has 2 heterocycles. The maximum Gasteiger partial charge on any atom is 0.257 e. The maximum absolute atomic E-state index is 12.5. The lowest BCUT2D eigenvalue weighted by Crippen LogP contribution is -2.24. The average Bonchev–Trinajstić information content (AvgIpc) is 3.36. The number of nitrogens with zero attached hydrogens (tertiary/aromatic N) is 4. The highest BCUT2D eigenvalue weighted by molar-refractivity contribution is 5.79. The fourth-order valence-electron chi connectivity index (χ4n) is 3.34. The molecule has 1 saturated heterocycles. The van der Waals surface area contributed by atoms with Crippen molar-refractivity contribution in [3.05, 3.63) is 65.5 Å². The standard InChI is InChI=1S/C21H18N4O3/c1-27-18-5-3-2-4-16(18)12-25-13-17(10-19(25)26)20-23-21(28-24-20)15-8-6-14(11-22)7-9-15/h2-9,17H,10,12-13H2,1H3. The zero-order valence-corrected chi connectivity index (χ0v) is 15.3. The second-order valence-corrected chi connectivity index (χ2v) is 6.63. The smallest absolute Gasteiger partial charge is 0.257 e. The van der Waals surface area contributed by atoms with E-state index in [9.17, 15) is 4.79 Å². The molecule has 7 nitrogen and oxygen atoms in total. The summed E-state index contributed by atoms with van der Waals surface area (Å²) in [6, 6.07) is 16.7. The van der Waals surface area contributed by atoms with Crippen molar-refractivity contribution in [1.29, 1.82) is 5.26 Å². The van der Waals surface area contributed by atoms with Crippen molar-refractivity contribution in [2.24, 2.45) is 0 Å². The third-order valence-electron chi connectivity index (χ3n) is 4.84. The summed E-state index contributed by atoms with van der Waals surface area (Å²) in [7, 11) is 1.62. The van der Waals surface area contributed by atoms with Gasteiger partial charge in [-0.25, -0.2) is 0 Å². The van der Waals surface area contributed by atoms with Gasteiger partial charge in [-0.15, -0.1) is 0 Å². The van der Waals surface area contributed by atoms with E-state index >= 15 is 0 Å². The van der Waals surface area contributed by atoms with Crippen LogP contribution in [0.5, 0.6) is 5.75 Å². The second kappa shape index (κ2) is 7.53. The Balaban J connectivity index is 1.48. The quantitative estimate of drug-likeness (QED) is 0.681. The van der Waals surface area contributed by atoms with E-state index in [1.807, 2.05) is 24.3 Å². The number of carbonyl (C=O) groups excluding carboxylic acids is 1. The number of aromatic nitrogens is 2. The van der Waals surface area contributed by atoms with Crippen LogP contribution < -0.4 is 4.74 Å². The van der Waals surface area contributed by atoms with Crippen LogP contribution in [0.1, 0.15) is 29.3 Å². The van der Waals surface area contributed by atoms with Crippen LogP contribution in [0.4, 0.5) is 0 Å². The number of hydrogen-bond donors (Lipinski definition) is 0. The van der Waals surface area contributed by atoms with Crippen LogP contribution in [0.2, 0.25) is 0 Å². The molecule has 3 aromatic rings. The number of ether oxygens (including phenoxy) is 1. The number of benzene rings is 2. The van der Waals surface area contributed by atoms with Crippen molar-refractivity contribution in [3.8, 4) is 23.3 Å². The molecule has 28 heavy (non-hydrogen) atoms. The predicted molar refractivity (Wildman–Crippen MR) is 100 cm³/mol. The van der Waals surface area contributed by atoms with E-state index in [1.54, 1.807) is 36.3 Å². The van der Waals surface area contributed by atoms with Crippen LogP contribution in [0.3, 0.4) is 0 Å². The highest BCUT2D eigenvalue weighted by atomic mass is 16.5. The van der Waals surface area contributed by atoms with Crippen LogP contribution in [-0.4, -0.2) is 34.6 Å². The van der Waals surface area contributed by atoms with Gasteiger partial charge in [-0.1, -0.05) is 23.4 Å². The van der Waals surface area contributed by atoms with Crippen molar-refractivity contribution in [2.45, 2.75) is 18.9 Å². The summed E-state index contributed by atoms with van der Waals surface area (Å²) >= 11 is 0. The molecule has 2 aromatic carbocycles. The average molecular weight is 374 g/mol. The lowest BCUT2D eigenvalue weighted by atomic mass is 10.1. The fraction of sp³-hybridized carbons (Fsp3) is 0.238. The number of likely N-dealkylation sites (tertiary alicyclic amines) is 1. The molecule has 0 N–H and O–H groups in total. The van der Waals surface area contributed by atoms with Gasteiger partial charge >= 0.3 is 0 Å². The zero-order chi connectivity index (χ0) is 19.5. The Morgan fingerprint density at radius 3 is 2.79 bits per heavy atom. The highest BCUT2D eigenvalue weighted by Crippen LogP contribution is 2.30. The van der Waals surface area contributed by atoms with E-state index in [4.69, 9.17) is 14.5 Å². The molecule has 4 rings (SSSR count). The van der Waals surface area contributed by atoms with Gasteiger partial charge in [0.15, 0.2) is 5.82 Å². The molecule has 1 aliphatic heterocycles. The predicted octanol–water partition coefficient (Wildman–Crippen LogP) is 3.13. The Morgan fingerprint density at radius 1 is 1.25 bits per heavy atom. The number of carbonyl (C=O) groups is 1. The molecule has 0 spiro atoms. The van der Waals surface area contributed by atoms with E-state index in [-0.39, 0.29) is 11.8 Å². The van der Waals surface area contributed by atoms with Crippen LogP contribution in [0, 0.1) is 11.3 Å². The zero-order valence-electron chi connectivity index (χ0n) is 15.3. The maximum atomic E-state index is 12.5. The molecular formula is C21H18N4O3. The monoisotopic (exact) mass is 374 g/mol. The molecule has 0 saturated carbocycles. The van der Waals surface area contributed by atoms with E-state index in [1.165, 1.54) is 0 Å². The summed E-state index contributed by atoms with van der Waals surface area (Å²) in [6.07, 6.45) is 0.349. The van der Waals surface area contributed by atoms with Crippen molar-refractivity contribution >= 4 is 5.91 Å². The van der Waals surface area contributed by atoms with E-state index in [2.05, 4.69) is 16.2 Å². The molecule has 1 fully saturated rings. The summed E-state index contributed by atoms with van der Waals surface area (Å²) in [4.78, 5) is 18.7. The lowest BCUT2D eigenvalue weighted by Gasteiger charge is -2.17. The highest BCUT2D eigenvalue weighted by Gasteiger charge is 2.34. The third-order valence-corrected chi connectivity index (χ3v) is 4.84. The van der Waals surface area contributed by atoms with E-state index in [0.29, 0.717) is 36.8 Å².